The number of nitrogens with one attached hydrogen (secondary N) is 1. The highest BCUT2D eigenvalue weighted by Gasteiger charge is 2.13. The molecule has 2 heterocycles. The van der Waals surface area contributed by atoms with Crippen LogP contribution in [0, 0.1) is 6.92 Å². The maximum Gasteiger partial charge on any atom is 0.252 e. The van der Waals surface area contributed by atoms with Crippen LogP contribution < -0.4 is 10.1 Å². The fourth-order valence-electron chi connectivity index (χ4n) is 2.59. The van der Waals surface area contributed by atoms with E-state index in [2.05, 4.69) is 15.3 Å². The molecule has 0 unspecified atom stereocenters. The lowest BCUT2D eigenvalue weighted by Gasteiger charge is -2.11. The van der Waals surface area contributed by atoms with Crippen molar-refractivity contribution in [3.05, 3.63) is 65.5 Å². The number of carbonyl (C=O) groups excluding carboxylic acids is 1. The predicted octanol–water partition coefficient (Wildman–Crippen LogP) is 3.27. The molecule has 0 atom stereocenters. The molecule has 0 fully saturated rings. The first-order valence-electron chi connectivity index (χ1n) is 7.90. The Labute approximate surface area is 140 Å². The minimum atomic E-state index is -0.136. The van der Waals surface area contributed by atoms with Crippen LogP contribution in [-0.4, -0.2) is 22.5 Å². The molecule has 1 amide bonds. The summed E-state index contributed by atoms with van der Waals surface area (Å²) in [6.45, 7) is 4.68. The van der Waals surface area contributed by atoms with Crippen molar-refractivity contribution < 1.29 is 9.53 Å². The van der Waals surface area contributed by atoms with Crippen molar-refractivity contribution in [2.24, 2.45) is 0 Å². The largest absolute Gasteiger partial charge is 0.478 e. The maximum absolute atomic E-state index is 12.7. The van der Waals surface area contributed by atoms with Gasteiger partial charge in [-0.25, -0.2) is 4.98 Å². The topological polar surface area (TPSA) is 64.1 Å². The van der Waals surface area contributed by atoms with Gasteiger partial charge in [0.25, 0.3) is 5.91 Å². The second-order valence-electron chi connectivity index (χ2n) is 5.41. The van der Waals surface area contributed by atoms with Crippen LogP contribution in [0.15, 0.2) is 48.7 Å². The van der Waals surface area contributed by atoms with Gasteiger partial charge in [-0.3, -0.25) is 9.78 Å². The van der Waals surface area contributed by atoms with Gasteiger partial charge in [-0.1, -0.05) is 24.3 Å². The Kier molecular flexibility index (Phi) is 4.70. The molecule has 0 aliphatic rings. The van der Waals surface area contributed by atoms with Gasteiger partial charge in [0.15, 0.2) is 0 Å². The van der Waals surface area contributed by atoms with Crippen LogP contribution in [0.25, 0.3) is 10.9 Å². The Morgan fingerprint density at radius 2 is 2.04 bits per heavy atom. The van der Waals surface area contributed by atoms with Gasteiger partial charge >= 0.3 is 0 Å². The molecule has 0 radical (unpaired) electrons. The minimum Gasteiger partial charge on any atom is -0.478 e. The van der Waals surface area contributed by atoms with E-state index in [-0.39, 0.29) is 5.91 Å². The number of ether oxygens (including phenoxy) is 1. The number of amides is 1. The molecule has 1 aromatic carbocycles. The van der Waals surface area contributed by atoms with E-state index in [0.717, 1.165) is 22.2 Å². The number of benzene rings is 1. The Morgan fingerprint density at radius 1 is 1.21 bits per heavy atom. The zero-order chi connectivity index (χ0) is 16.9. The normalized spacial score (nSPS) is 10.6. The molecule has 0 saturated carbocycles. The SMILES string of the molecule is CCOc1ncccc1CNC(=O)c1cc(C)nc2ccccc12. The van der Waals surface area contributed by atoms with Crippen molar-refractivity contribution >= 4 is 16.8 Å². The van der Waals surface area contributed by atoms with E-state index in [4.69, 9.17) is 4.74 Å². The first-order chi connectivity index (χ1) is 11.7. The number of rotatable bonds is 5. The molecule has 0 saturated heterocycles. The average molecular weight is 321 g/mol. The van der Waals surface area contributed by atoms with Crippen LogP contribution in [0.5, 0.6) is 5.88 Å². The van der Waals surface area contributed by atoms with Crippen LogP contribution in [0.4, 0.5) is 0 Å². The number of aryl methyl sites for hydroxylation is 1. The molecule has 122 valence electrons. The highest BCUT2D eigenvalue weighted by molar-refractivity contribution is 6.06. The molecule has 24 heavy (non-hydrogen) atoms. The van der Waals surface area contributed by atoms with E-state index < -0.39 is 0 Å². The van der Waals surface area contributed by atoms with Gasteiger partial charge in [0.05, 0.1) is 17.7 Å². The lowest BCUT2D eigenvalue weighted by atomic mass is 10.1. The van der Waals surface area contributed by atoms with Gasteiger partial charge in [0, 0.05) is 29.4 Å². The smallest absolute Gasteiger partial charge is 0.252 e. The van der Waals surface area contributed by atoms with E-state index in [1.165, 1.54) is 0 Å². The molecular formula is C19H19N3O2. The number of nitrogens with zero attached hydrogens (tertiary/aromatic N) is 2. The molecular weight excluding hydrogens is 302 g/mol. The fraction of sp³-hybridized carbons (Fsp3) is 0.211. The van der Waals surface area contributed by atoms with E-state index in [9.17, 15) is 4.79 Å². The minimum absolute atomic E-state index is 0.136. The summed E-state index contributed by atoms with van der Waals surface area (Å²) < 4.78 is 5.49. The van der Waals surface area contributed by atoms with Gasteiger partial charge in [-0.05, 0) is 32.0 Å². The third-order valence-electron chi connectivity index (χ3n) is 3.66. The summed E-state index contributed by atoms with van der Waals surface area (Å²) in [5.74, 6) is 0.416. The summed E-state index contributed by atoms with van der Waals surface area (Å²) in [5, 5.41) is 3.79. The Hall–Kier alpha value is -2.95. The third kappa shape index (κ3) is 3.35. The van der Waals surface area contributed by atoms with E-state index >= 15 is 0 Å². The zero-order valence-corrected chi connectivity index (χ0v) is 13.7. The number of hydrogen-bond donors (Lipinski definition) is 1. The van der Waals surface area contributed by atoms with Gasteiger partial charge in [-0.2, -0.15) is 0 Å². The van der Waals surface area contributed by atoms with Crippen LogP contribution in [-0.2, 0) is 6.54 Å². The van der Waals surface area contributed by atoms with Crippen molar-refractivity contribution in [3.8, 4) is 5.88 Å². The van der Waals surface area contributed by atoms with Crippen molar-refractivity contribution in [1.82, 2.24) is 15.3 Å². The molecule has 0 aliphatic carbocycles. The summed E-state index contributed by atoms with van der Waals surface area (Å²) >= 11 is 0. The summed E-state index contributed by atoms with van der Waals surface area (Å²) in [5.41, 5.74) is 3.11. The molecule has 5 nitrogen and oxygen atoms in total. The van der Waals surface area contributed by atoms with Crippen molar-refractivity contribution in [3.63, 3.8) is 0 Å². The Balaban J connectivity index is 1.84. The second-order valence-corrected chi connectivity index (χ2v) is 5.41. The molecule has 3 rings (SSSR count). The van der Waals surface area contributed by atoms with Gasteiger partial charge < -0.3 is 10.1 Å². The lowest BCUT2D eigenvalue weighted by Crippen LogP contribution is -2.23. The molecule has 5 heteroatoms. The summed E-state index contributed by atoms with van der Waals surface area (Å²) in [6.07, 6.45) is 1.68. The van der Waals surface area contributed by atoms with Gasteiger partial charge in [0.1, 0.15) is 0 Å². The molecule has 0 bridgehead atoms. The predicted molar refractivity (Wildman–Crippen MR) is 93.1 cm³/mol. The maximum atomic E-state index is 12.7. The highest BCUT2D eigenvalue weighted by atomic mass is 16.5. The average Bonchev–Trinajstić information content (AvgIpc) is 2.60. The number of pyridine rings is 2. The third-order valence-corrected chi connectivity index (χ3v) is 3.66. The van der Waals surface area contributed by atoms with Crippen LogP contribution in [0.3, 0.4) is 0 Å². The first-order valence-corrected chi connectivity index (χ1v) is 7.90. The summed E-state index contributed by atoms with van der Waals surface area (Å²) in [7, 11) is 0. The molecule has 0 aliphatic heterocycles. The fourth-order valence-corrected chi connectivity index (χ4v) is 2.59. The van der Waals surface area contributed by atoms with E-state index in [0.29, 0.717) is 24.6 Å². The molecule has 0 spiro atoms. The second kappa shape index (κ2) is 7.08. The molecule has 3 aromatic rings. The monoisotopic (exact) mass is 321 g/mol. The molecule has 1 N–H and O–H groups in total. The van der Waals surface area contributed by atoms with Crippen LogP contribution in [0.2, 0.25) is 0 Å². The standard InChI is InChI=1S/C19H19N3O2/c1-3-24-19-14(7-6-10-20-19)12-21-18(23)16-11-13(2)22-17-9-5-4-8-15(16)17/h4-11H,3,12H2,1-2H3,(H,21,23). The number of carbonyl (C=O) groups is 1. The van der Waals surface area contributed by atoms with Gasteiger partial charge in [0.2, 0.25) is 5.88 Å². The summed E-state index contributed by atoms with van der Waals surface area (Å²) in [6, 6.07) is 13.2. The lowest BCUT2D eigenvalue weighted by molar-refractivity contribution is 0.0952. The summed E-state index contributed by atoms with van der Waals surface area (Å²) in [4.78, 5) is 21.3. The number of para-hydroxylation sites is 1. The van der Waals surface area contributed by atoms with Crippen LogP contribution >= 0.6 is 0 Å². The number of hydrogen-bond acceptors (Lipinski definition) is 4. The zero-order valence-electron chi connectivity index (χ0n) is 13.7. The van der Waals surface area contributed by atoms with E-state index in [1.54, 1.807) is 6.20 Å². The van der Waals surface area contributed by atoms with Crippen molar-refractivity contribution in [2.75, 3.05) is 6.61 Å². The van der Waals surface area contributed by atoms with E-state index in [1.807, 2.05) is 56.3 Å². The van der Waals surface area contributed by atoms with Crippen LogP contribution in [0.1, 0.15) is 28.5 Å². The van der Waals surface area contributed by atoms with Crippen molar-refractivity contribution in [2.45, 2.75) is 20.4 Å². The first kappa shape index (κ1) is 15.9. The van der Waals surface area contributed by atoms with Crippen molar-refractivity contribution in [1.29, 1.82) is 0 Å². The van der Waals surface area contributed by atoms with Gasteiger partial charge in [-0.15, -0.1) is 0 Å². The molecule has 2 aromatic heterocycles. The quantitative estimate of drug-likeness (QED) is 0.783. The number of fused-ring (bicyclic) bond motifs is 1. The highest BCUT2D eigenvalue weighted by Crippen LogP contribution is 2.19. The number of aromatic nitrogens is 2. The Morgan fingerprint density at radius 3 is 2.88 bits per heavy atom. The Bertz CT molecular complexity index is 877.